The zero-order valence-corrected chi connectivity index (χ0v) is 10.0. The fourth-order valence-electron chi connectivity index (χ4n) is 1.83. The largest absolute Gasteiger partial charge is 0.370 e. The molecule has 0 bridgehead atoms. The molecule has 2 N–H and O–H groups in total. The molecule has 1 unspecified atom stereocenters. The van der Waals surface area contributed by atoms with Crippen molar-refractivity contribution in [2.24, 2.45) is 11.8 Å². The first kappa shape index (κ1) is 11.2. The summed E-state index contributed by atoms with van der Waals surface area (Å²) in [5.74, 6) is 3.48. The highest BCUT2D eigenvalue weighted by Gasteiger charge is 2.27. The van der Waals surface area contributed by atoms with Crippen LogP contribution in [-0.4, -0.2) is 23.1 Å². The normalized spacial score (nSPS) is 16.9. The highest BCUT2D eigenvalue weighted by atomic mass is 15.1. The second-order valence-corrected chi connectivity index (χ2v) is 4.51. The zero-order valence-electron chi connectivity index (χ0n) is 10.0. The van der Waals surface area contributed by atoms with Crippen LogP contribution in [0.5, 0.6) is 0 Å². The Morgan fingerprint density at radius 1 is 1.31 bits per heavy atom. The Bertz CT molecular complexity index is 336. The molecule has 16 heavy (non-hydrogen) atoms. The van der Waals surface area contributed by atoms with Gasteiger partial charge in [-0.3, -0.25) is 0 Å². The van der Waals surface area contributed by atoms with Gasteiger partial charge in [0.15, 0.2) is 0 Å². The fraction of sp³-hybridized carbons (Fsp3) is 0.667. The summed E-state index contributed by atoms with van der Waals surface area (Å²) in [6.07, 6.45) is 4.40. The van der Waals surface area contributed by atoms with Crippen molar-refractivity contribution in [3.63, 3.8) is 0 Å². The summed E-state index contributed by atoms with van der Waals surface area (Å²) < 4.78 is 0. The van der Waals surface area contributed by atoms with E-state index in [-0.39, 0.29) is 0 Å². The molecule has 88 valence electrons. The Morgan fingerprint density at radius 2 is 2.00 bits per heavy atom. The number of hydrogen-bond acceptors (Lipinski definition) is 4. The van der Waals surface area contributed by atoms with Gasteiger partial charge in [-0.2, -0.15) is 0 Å². The maximum absolute atomic E-state index is 4.21. The third kappa shape index (κ3) is 3.08. The molecule has 4 heteroatoms. The molecule has 1 aliphatic carbocycles. The van der Waals surface area contributed by atoms with Gasteiger partial charge < -0.3 is 10.6 Å². The van der Waals surface area contributed by atoms with Crippen molar-refractivity contribution in [2.75, 3.05) is 23.7 Å². The van der Waals surface area contributed by atoms with Gasteiger partial charge in [-0.1, -0.05) is 6.92 Å². The van der Waals surface area contributed by atoms with E-state index in [4.69, 9.17) is 0 Å². The topological polar surface area (TPSA) is 49.8 Å². The van der Waals surface area contributed by atoms with Crippen molar-refractivity contribution in [2.45, 2.75) is 26.7 Å². The van der Waals surface area contributed by atoms with E-state index in [9.17, 15) is 0 Å². The van der Waals surface area contributed by atoms with Crippen molar-refractivity contribution < 1.29 is 0 Å². The Hall–Kier alpha value is -1.32. The van der Waals surface area contributed by atoms with E-state index in [1.807, 2.05) is 6.07 Å². The summed E-state index contributed by atoms with van der Waals surface area (Å²) in [5, 5.41) is 6.55. The lowest BCUT2D eigenvalue weighted by molar-refractivity contribution is 0.536. The SMILES string of the molecule is CCNc1cc(NCC(C)C2CC2)ncn1. The van der Waals surface area contributed by atoms with Crippen molar-refractivity contribution >= 4 is 11.6 Å². The van der Waals surface area contributed by atoms with Crippen molar-refractivity contribution in [1.82, 2.24) is 9.97 Å². The number of nitrogens with one attached hydrogen (secondary N) is 2. The van der Waals surface area contributed by atoms with Gasteiger partial charge in [0, 0.05) is 19.2 Å². The smallest absolute Gasteiger partial charge is 0.131 e. The quantitative estimate of drug-likeness (QED) is 0.772. The molecule has 1 heterocycles. The van der Waals surface area contributed by atoms with Crippen LogP contribution >= 0.6 is 0 Å². The van der Waals surface area contributed by atoms with E-state index in [2.05, 4.69) is 34.4 Å². The molecule has 0 spiro atoms. The minimum absolute atomic E-state index is 0.748. The van der Waals surface area contributed by atoms with Gasteiger partial charge in [-0.15, -0.1) is 0 Å². The molecule has 0 aromatic carbocycles. The third-order valence-corrected chi connectivity index (χ3v) is 3.06. The van der Waals surface area contributed by atoms with Gasteiger partial charge in [0.1, 0.15) is 18.0 Å². The lowest BCUT2D eigenvalue weighted by atomic mass is 10.1. The van der Waals surface area contributed by atoms with Crippen LogP contribution in [0, 0.1) is 11.8 Å². The molecular weight excluding hydrogens is 200 g/mol. The van der Waals surface area contributed by atoms with Gasteiger partial charge in [0.25, 0.3) is 0 Å². The highest BCUT2D eigenvalue weighted by molar-refractivity contribution is 5.46. The molecule has 1 saturated carbocycles. The monoisotopic (exact) mass is 220 g/mol. The molecule has 0 aliphatic heterocycles. The first-order valence-corrected chi connectivity index (χ1v) is 6.09. The van der Waals surface area contributed by atoms with E-state index < -0.39 is 0 Å². The Kier molecular flexibility index (Phi) is 3.59. The second-order valence-electron chi connectivity index (χ2n) is 4.51. The molecular formula is C12H20N4. The zero-order chi connectivity index (χ0) is 11.4. The first-order chi connectivity index (χ1) is 7.79. The molecule has 2 rings (SSSR count). The first-order valence-electron chi connectivity index (χ1n) is 6.09. The van der Waals surface area contributed by atoms with Gasteiger partial charge in [-0.05, 0) is 31.6 Å². The number of anilines is 2. The molecule has 1 fully saturated rings. The molecule has 0 amide bonds. The van der Waals surface area contributed by atoms with Crippen LogP contribution in [0.1, 0.15) is 26.7 Å². The van der Waals surface area contributed by atoms with Crippen LogP contribution in [0.2, 0.25) is 0 Å². The Balaban J connectivity index is 1.85. The fourth-order valence-corrected chi connectivity index (χ4v) is 1.83. The number of hydrogen-bond donors (Lipinski definition) is 2. The summed E-state index contributed by atoms with van der Waals surface area (Å²) in [7, 11) is 0. The summed E-state index contributed by atoms with van der Waals surface area (Å²) in [6.45, 7) is 6.25. The van der Waals surface area contributed by atoms with Crippen molar-refractivity contribution in [1.29, 1.82) is 0 Å². The minimum Gasteiger partial charge on any atom is -0.370 e. The Morgan fingerprint density at radius 3 is 2.62 bits per heavy atom. The van der Waals surface area contributed by atoms with Gasteiger partial charge in [0.05, 0.1) is 0 Å². The summed E-state index contributed by atoms with van der Waals surface area (Å²) in [4.78, 5) is 8.35. The highest BCUT2D eigenvalue weighted by Crippen LogP contribution is 2.36. The van der Waals surface area contributed by atoms with Crippen molar-refractivity contribution in [3.05, 3.63) is 12.4 Å². The molecule has 1 aliphatic rings. The Labute approximate surface area is 96.9 Å². The molecule has 4 nitrogen and oxygen atoms in total. The van der Waals surface area contributed by atoms with E-state index >= 15 is 0 Å². The van der Waals surface area contributed by atoms with Crippen LogP contribution < -0.4 is 10.6 Å². The summed E-state index contributed by atoms with van der Waals surface area (Å²) in [5.41, 5.74) is 0. The number of nitrogens with zero attached hydrogens (tertiary/aromatic N) is 2. The lowest BCUT2D eigenvalue weighted by Crippen LogP contribution is -2.14. The summed E-state index contributed by atoms with van der Waals surface area (Å²) in [6, 6.07) is 1.96. The molecule has 0 saturated heterocycles. The minimum atomic E-state index is 0.748. The predicted octanol–water partition coefficient (Wildman–Crippen LogP) is 2.37. The van der Waals surface area contributed by atoms with E-state index in [1.165, 1.54) is 12.8 Å². The van der Waals surface area contributed by atoms with E-state index in [0.29, 0.717) is 0 Å². The average Bonchev–Trinajstić information content (AvgIpc) is 3.11. The third-order valence-electron chi connectivity index (χ3n) is 3.06. The van der Waals surface area contributed by atoms with Crippen LogP contribution in [0.3, 0.4) is 0 Å². The summed E-state index contributed by atoms with van der Waals surface area (Å²) >= 11 is 0. The maximum atomic E-state index is 4.21. The van der Waals surface area contributed by atoms with E-state index in [1.54, 1.807) is 6.33 Å². The van der Waals surface area contributed by atoms with Crippen molar-refractivity contribution in [3.8, 4) is 0 Å². The predicted molar refractivity (Wildman–Crippen MR) is 66.6 cm³/mol. The second kappa shape index (κ2) is 5.14. The standard InChI is InChI=1S/C12H20N4/c1-3-13-11-6-12(16-8-15-11)14-7-9(2)10-4-5-10/h6,8-10H,3-5,7H2,1-2H3,(H2,13,14,15,16). The molecule has 0 radical (unpaired) electrons. The lowest BCUT2D eigenvalue weighted by Gasteiger charge is -2.12. The average molecular weight is 220 g/mol. The van der Waals surface area contributed by atoms with Crippen LogP contribution in [-0.2, 0) is 0 Å². The van der Waals surface area contributed by atoms with Gasteiger partial charge in [0.2, 0.25) is 0 Å². The molecule has 1 aromatic heterocycles. The van der Waals surface area contributed by atoms with Crippen LogP contribution in [0.25, 0.3) is 0 Å². The molecule has 1 aromatic rings. The van der Waals surface area contributed by atoms with Crippen LogP contribution in [0.15, 0.2) is 12.4 Å². The maximum Gasteiger partial charge on any atom is 0.131 e. The number of rotatable bonds is 6. The van der Waals surface area contributed by atoms with Gasteiger partial charge >= 0.3 is 0 Å². The number of aromatic nitrogens is 2. The van der Waals surface area contributed by atoms with Crippen LogP contribution in [0.4, 0.5) is 11.6 Å². The molecule has 1 atom stereocenters. The van der Waals surface area contributed by atoms with E-state index in [0.717, 1.165) is 36.6 Å². The van der Waals surface area contributed by atoms with Gasteiger partial charge in [-0.25, -0.2) is 9.97 Å².